The van der Waals surface area contributed by atoms with Crippen LogP contribution in [0.4, 0.5) is 11.9 Å². The standard InChI is InChI=1S/C11H20N6O2/c1-4-6-13-8(18)7-14-10-15-9(12-3)16-11(17-10)19-5-2/h4-7H2,1-3H3,(H,13,18)(H2,12,14,15,16,17). The van der Waals surface area contributed by atoms with Crippen molar-refractivity contribution in [1.82, 2.24) is 20.3 Å². The van der Waals surface area contributed by atoms with Crippen LogP contribution in [0.5, 0.6) is 6.01 Å². The predicted molar refractivity (Wildman–Crippen MR) is 72.3 cm³/mol. The molecule has 106 valence electrons. The Morgan fingerprint density at radius 3 is 2.58 bits per heavy atom. The van der Waals surface area contributed by atoms with Gasteiger partial charge in [-0.1, -0.05) is 6.92 Å². The van der Waals surface area contributed by atoms with Crippen molar-refractivity contribution in [3.8, 4) is 6.01 Å². The maximum absolute atomic E-state index is 11.4. The fourth-order valence-electron chi connectivity index (χ4n) is 1.23. The zero-order valence-electron chi connectivity index (χ0n) is 11.5. The second-order valence-corrected chi connectivity index (χ2v) is 3.65. The fourth-order valence-corrected chi connectivity index (χ4v) is 1.23. The number of nitrogens with one attached hydrogen (secondary N) is 3. The molecule has 0 radical (unpaired) electrons. The number of rotatable bonds is 8. The van der Waals surface area contributed by atoms with Crippen LogP contribution in [0.15, 0.2) is 0 Å². The molecule has 0 spiro atoms. The van der Waals surface area contributed by atoms with Crippen molar-refractivity contribution in [3.63, 3.8) is 0 Å². The van der Waals surface area contributed by atoms with Crippen LogP contribution in [-0.4, -0.2) is 47.6 Å². The molecule has 1 amide bonds. The van der Waals surface area contributed by atoms with Crippen molar-refractivity contribution in [2.24, 2.45) is 0 Å². The highest BCUT2D eigenvalue weighted by Gasteiger charge is 2.07. The molecule has 19 heavy (non-hydrogen) atoms. The van der Waals surface area contributed by atoms with E-state index in [1.54, 1.807) is 7.05 Å². The van der Waals surface area contributed by atoms with Gasteiger partial charge in [0.15, 0.2) is 0 Å². The van der Waals surface area contributed by atoms with Gasteiger partial charge < -0.3 is 20.7 Å². The lowest BCUT2D eigenvalue weighted by molar-refractivity contribution is -0.119. The molecule has 0 aromatic carbocycles. The second kappa shape index (κ2) is 8.06. The first-order valence-corrected chi connectivity index (χ1v) is 6.26. The fraction of sp³-hybridized carbons (Fsp3) is 0.636. The molecule has 1 aromatic rings. The van der Waals surface area contributed by atoms with Crippen molar-refractivity contribution in [3.05, 3.63) is 0 Å². The Balaban J connectivity index is 2.61. The number of anilines is 2. The highest BCUT2D eigenvalue weighted by atomic mass is 16.5. The van der Waals surface area contributed by atoms with Crippen molar-refractivity contribution < 1.29 is 9.53 Å². The van der Waals surface area contributed by atoms with Gasteiger partial charge in [-0.3, -0.25) is 4.79 Å². The Kier molecular flexibility index (Phi) is 6.34. The molecule has 0 bridgehead atoms. The molecule has 1 rings (SSSR count). The van der Waals surface area contributed by atoms with Gasteiger partial charge in [-0.15, -0.1) is 0 Å². The number of hydrogen-bond donors (Lipinski definition) is 3. The first-order chi connectivity index (χ1) is 9.19. The molecule has 1 aromatic heterocycles. The van der Waals surface area contributed by atoms with Crippen LogP contribution >= 0.6 is 0 Å². The third kappa shape index (κ3) is 5.36. The molecule has 0 saturated heterocycles. The van der Waals surface area contributed by atoms with Crippen molar-refractivity contribution in [1.29, 1.82) is 0 Å². The maximum atomic E-state index is 11.4. The van der Waals surface area contributed by atoms with E-state index in [1.807, 2.05) is 13.8 Å². The summed E-state index contributed by atoms with van der Waals surface area (Å²) in [7, 11) is 1.70. The van der Waals surface area contributed by atoms with E-state index in [4.69, 9.17) is 4.74 Å². The van der Waals surface area contributed by atoms with Gasteiger partial charge in [0.25, 0.3) is 0 Å². The Bertz CT molecular complexity index is 412. The van der Waals surface area contributed by atoms with E-state index in [1.165, 1.54) is 0 Å². The summed E-state index contributed by atoms with van der Waals surface area (Å²) in [4.78, 5) is 23.6. The second-order valence-electron chi connectivity index (χ2n) is 3.65. The minimum Gasteiger partial charge on any atom is -0.464 e. The van der Waals surface area contributed by atoms with Gasteiger partial charge in [0.05, 0.1) is 13.2 Å². The van der Waals surface area contributed by atoms with E-state index < -0.39 is 0 Å². The largest absolute Gasteiger partial charge is 0.464 e. The zero-order chi connectivity index (χ0) is 14.1. The first-order valence-electron chi connectivity index (χ1n) is 6.26. The van der Waals surface area contributed by atoms with Gasteiger partial charge in [-0.25, -0.2) is 0 Å². The number of carbonyl (C=O) groups excluding carboxylic acids is 1. The lowest BCUT2D eigenvalue weighted by Gasteiger charge is -2.08. The van der Waals surface area contributed by atoms with Gasteiger partial charge in [0, 0.05) is 13.6 Å². The summed E-state index contributed by atoms with van der Waals surface area (Å²) in [5.74, 6) is 0.579. The topological polar surface area (TPSA) is 101 Å². The number of nitrogens with zero attached hydrogens (tertiary/aromatic N) is 3. The van der Waals surface area contributed by atoms with E-state index >= 15 is 0 Å². The predicted octanol–water partition coefficient (Wildman–Crippen LogP) is 0.250. The Hall–Kier alpha value is -2.12. The molecule has 8 nitrogen and oxygen atoms in total. The third-order valence-corrected chi connectivity index (χ3v) is 2.09. The molecule has 1 heterocycles. The third-order valence-electron chi connectivity index (χ3n) is 2.09. The minimum absolute atomic E-state index is 0.105. The van der Waals surface area contributed by atoms with Crippen molar-refractivity contribution >= 4 is 17.8 Å². The summed E-state index contributed by atoms with van der Waals surface area (Å²) >= 11 is 0. The van der Waals surface area contributed by atoms with Gasteiger partial charge in [0.2, 0.25) is 17.8 Å². The highest BCUT2D eigenvalue weighted by Crippen LogP contribution is 2.10. The molecule has 0 saturated carbocycles. The summed E-state index contributed by atoms with van der Waals surface area (Å²) in [6.45, 7) is 5.06. The highest BCUT2D eigenvalue weighted by molar-refractivity contribution is 5.80. The van der Waals surface area contributed by atoms with E-state index in [2.05, 4.69) is 30.9 Å². The molecule has 0 aliphatic heterocycles. The Morgan fingerprint density at radius 2 is 1.95 bits per heavy atom. The zero-order valence-corrected chi connectivity index (χ0v) is 11.5. The number of carbonyl (C=O) groups is 1. The Labute approximate surface area is 112 Å². The van der Waals surface area contributed by atoms with E-state index in [-0.39, 0.29) is 18.5 Å². The summed E-state index contributed by atoms with van der Waals surface area (Å²) in [5.41, 5.74) is 0. The van der Waals surface area contributed by atoms with E-state index in [9.17, 15) is 4.79 Å². The quantitative estimate of drug-likeness (QED) is 0.621. The lowest BCUT2D eigenvalue weighted by atomic mass is 10.4. The number of amides is 1. The van der Waals surface area contributed by atoms with Crippen molar-refractivity contribution in [2.45, 2.75) is 20.3 Å². The van der Waals surface area contributed by atoms with E-state index in [0.29, 0.717) is 25.0 Å². The molecule has 0 aliphatic carbocycles. The molecular weight excluding hydrogens is 248 g/mol. The van der Waals surface area contributed by atoms with Gasteiger partial charge in [-0.05, 0) is 13.3 Å². The summed E-state index contributed by atoms with van der Waals surface area (Å²) in [6, 6.07) is 0.221. The number of ether oxygens (including phenoxy) is 1. The van der Waals surface area contributed by atoms with Crippen LogP contribution < -0.4 is 20.7 Å². The maximum Gasteiger partial charge on any atom is 0.323 e. The molecule has 0 atom stereocenters. The minimum atomic E-state index is -0.105. The molecule has 0 fully saturated rings. The summed E-state index contributed by atoms with van der Waals surface area (Å²) in [6.07, 6.45) is 0.899. The van der Waals surface area contributed by atoms with Crippen LogP contribution in [0.25, 0.3) is 0 Å². The van der Waals surface area contributed by atoms with Gasteiger partial charge >= 0.3 is 6.01 Å². The van der Waals surface area contributed by atoms with Crippen LogP contribution in [0.1, 0.15) is 20.3 Å². The van der Waals surface area contributed by atoms with Crippen LogP contribution in [0.3, 0.4) is 0 Å². The smallest absolute Gasteiger partial charge is 0.323 e. The molecule has 8 heteroatoms. The van der Waals surface area contributed by atoms with E-state index in [0.717, 1.165) is 6.42 Å². The van der Waals surface area contributed by atoms with Crippen molar-refractivity contribution in [2.75, 3.05) is 37.4 Å². The molecule has 0 unspecified atom stereocenters. The first kappa shape index (κ1) is 14.9. The van der Waals surface area contributed by atoms with Crippen LogP contribution in [0, 0.1) is 0 Å². The molecule has 3 N–H and O–H groups in total. The lowest BCUT2D eigenvalue weighted by Crippen LogP contribution is -2.30. The van der Waals surface area contributed by atoms with Crippen LogP contribution in [0.2, 0.25) is 0 Å². The normalized spacial score (nSPS) is 9.84. The van der Waals surface area contributed by atoms with Crippen LogP contribution in [-0.2, 0) is 4.79 Å². The monoisotopic (exact) mass is 268 g/mol. The average molecular weight is 268 g/mol. The SMILES string of the molecule is CCCNC(=O)CNc1nc(NC)nc(OCC)n1. The van der Waals surface area contributed by atoms with Gasteiger partial charge in [0.1, 0.15) is 0 Å². The summed E-state index contributed by atoms with van der Waals surface area (Å²) in [5, 5.41) is 8.39. The van der Waals surface area contributed by atoms with Gasteiger partial charge in [-0.2, -0.15) is 15.0 Å². The summed E-state index contributed by atoms with van der Waals surface area (Å²) < 4.78 is 5.22. The molecular formula is C11H20N6O2. The Morgan fingerprint density at radius 1 is 1.21 bits per heavy atom. The molecule has 0 aliphatic rings. The number of aromatic nitrogens is 3. The average Bonchev–Trinajstić information content (AvgIpc) is 2.43. The number of hydrogen-bond acceptors (Lipinski definition) is 7.